The highest BCUT2D eigenvalue weighted by Gasteiger charge is 2.17. The average molecular weight is 311 g/mol. The minimum atomic E-state index is 0.366. The topological polar surface area (TPSA) is 38.5 Å². The number of likely N-dealkylation sites (tertiary alicyclic amines) is 1. The lowest BCUT2D eigenvalue weighted by Gasteiger charge is -2.30. The molecule has 0 unspecified atom stereocenters. The fourth-order valence-corrected chi connectivity index (χ4v) is 2.89. The Morgan fingerprint density at radius 1 is 1.29 bits per heavy atom. The van der Waals surface area contributed by atoms with E-state index in [0.29, 0.717) is 6.04 Å². The number of hydrogen-bond donors (Lipinski definition) is 1. The highest BCUT2D eigenvalue weighted by molar-refractivity contribution is 6.30. The Balaban J connectivity index is 1.94. The minimum absolute atomic E-state index is 0.366. The first kappa shape index (κ1) is 16.6. The second-order valence-corrected chi connectivity index (χ2v) is 6.36. The van der Waals surface area contributed by atoms with Crippen molar-refractivity contribution in [3.63, 3.8) is 0 Å². The number of nitrogens with two attached hydrogens (primary N) is 1. The van der Waals surface area contributed by atoms with Crippen LogP contribution in [0.2, 0.25) is 5.02 Å². The van der Waals surface area contributed by atoms with Gasteiger partial charge in [-0.15, -0.1) is 0 Å². The standard InChI is InChI=1S/C17H27ClN2O/c1-2-3-4-11-21-17-6-5-15(18)12-14(17)13-20-9-7-16(19)8-10-20/h5-6,12,16H,2-4,7-11,13,19H2,1H3. The van der Waals surface area contributed by atoms with E-state index in [4.69, 9.17) is 22.1 Å². The highest BCUT2D eigenvalue weighted by atomic mass is 35.5. The molecule has 2 rings (SSSR count). The summed E-state index contributed by atoms with van der Waals surface area (Å²) in [5, 5.41) is 0.777. The fourth-order valence-electron chi connectivity index (χ4n) is 2.70. The lowest BCUT2D eigenvalue weighted by Crippen LogP contribution is -2.39. The third-order valence-corrected chi connectivity index (χ3v) is 4.29. The first-order valence-corrected chi connectivity index (χ1v) is 8.46. The van der Waals surface area contributed by atoms with Gasteiger partial charge in [0.05, 0.1) is 6.61 Å². The van der Waals surface area contributed by atoms with Crippen molar-refractivity contribution in [2.24, 2.45) is 5.73 Å². The molecule has 1 aliphatic rings. The summed E-state index contributed by atoms with van der Waals surface area (Å²) in [6, 6.07) is 6.31. The summed E-state index contributed by atoms with van der Waals surface area (Å²) in [4.78, 5) is 2.44. The number of ether oxygens (including phenoxy) is 1. The molecular weight excluding hydrogens is 284 g/mol. The molecule has 0 bridgehead atoms. The van der Waals surface area contributed by atoms with Gasteiger partial charge in [0, 0.05) is 23.2 Å². The van der Waals surface area contributed by atoms with Crippen molar-refractivity contribution in [1.82, 2.24) is 4.90 Å². The molecule has 2 N–H and O–H groups in total. The van der Waals surface area contributed by atoms with Crippen molar-refractivity contribution in [3.05, 3.63) is 28.8 Å². The largest absolute Gasteiger partial charge is 0.493 e. The zero-order valence-electron chi connectivity index (χ0n) is 13.0. The molecule has 0 aliphatic carbocycles. The second-order valence-electron chi connectivity index (χ2n) is 5.92. The van der Waals surface area contributed by atoms with Crippen LogP contribution in [0.25, 0.3) is 0 Å². The Morgan fingerprint density at radius 3 is 2.76 bits per heavy atom. The fraction of sp³-hybridized carbons (Fsp3) is 0.647. The lowest BCUT2D eigenvalue weighted by molar-refractivity contribution is 0.201. The Morgan fingerprint density at radius 2 is 2.05 bits per heavy atom. The van der Waals surface area contributed by atoms with Crippen LogP contribution < -0.4 is 10.5 Å². The Hall–Kier alpha value is -0.770. The molecule has 4 heteroatoms. The number of hydrogen-bond acceptors (Lipinski definition) is 3. The van der Waals surface area contributed by atoms with Crippen molar-refractivity contribution >= 4 is 11.6 Å². The Bertz CT molecular complexity index is 431. The van der Waals surface area contributed by atoms with E-state index in [1.807, 2.05) is 18.2 Å². The van der Waals surface area contributed by atoms with Gasteiger partial charge in [-0.25, -0.2) is 0 Å². The molecular formula is C17H27ClN2O. The van der Waals surface area contributed by atoms with E-state index in [1.165, 1.54) is 18.4 Å². The van der Waals surface area contributed by atoms with Crippen LogP contribution in [-0.4, -0.2) is 30.6 Å². The maximum absolute atomic E-state index is 6.15. The minimum Gasteiger partial charge on any atom is -0.493 e. The third kappa shape index (κ3) is 5.50. The molecule has 1 aliphatic heterocycles. The molecule has 118 valence electrons. The van der Waals surface area contributed by atoms with E-state index in [1.54, 1.807) is 0 Å². The van der Waals surface area contributed by atoms with E-state index >= 15 is 0 Å². The van der Waals surface area contributed by atoms with E-state index in [-0.39, 0.29) is 0 Å². The van der Waals surface area contributed by atoms with Gasteiger partial charge in [0.15, 0.2) is 0 Å². The van der Waals surface area contributed by atoms with E-state index < -0.39 is 0 Å². The van der Waals surface area contributed by atoms with E-state index in [9.17, 15) is 0 Å². The highest BCUT2D eigenvalue weighted by Crippen LogP contribution is 2.25. The number of unbranched alkanes of at least 4 members (excludes halogenated alkanes) is 2. The Kier molecular flexibility index (Phi) is 6.81. The van der Waals surface area contributed by atoms with Gasteiger partial charge in [-0.05, 0) is 50.6 Å². The van der Waals surface area contributed by atoms with Crippen molar-refractivity contribution in [3.8, 4) is 5.75 Å². The first-order valence-electron chi connectivity index (χ1n) is 8.08. The van der Waals surface area contributed by atoms with Gasteiger partial charge in [0.1, 0.15) is 5.75 Å². The van der Waals surface area contributed by atoms with Crippen molar-refractivity contribution in [2.75, 3.05) is 19.7 Å². The number of nitrogens with zero attached hydrogens (tertiary/aromatic N) is 1. The number of benzene rings is 1. The summed E-state index contributed by atoms with van der Waals surface area (Å²) >= 11 is 6.15. The van der Waals surface area contributed by atoms with Gasteiger partial charge < -0.3 is 10.5 Å². The molecule has 0 amide bonds. The molecule has 0 aromatic heterocycles. The molecule has 3 nitrogen and oxygen atoms in total. The van der Waals surface area contributed by atoms with Gasteiger partial charge in [-0.3, -0.25) is 4.90 Å². The van der Waals surface area contributed by atoms with Gasteiger partial charge >= 0.3 is 0 Å². The normalized spacial score (nSPS) is 17.1. The number of halogens is 1. The van der Waals surface area contributed by atoms with Gasteiger partial charge in [0.2, 0.25) is 0 Å². The molecule has 0 spiro atoms. The number of rotatable bonds is 7. The molecule has 1 heterocycles. The van der Waals surface area contributed by atoms with Gasteiger partial charge in [0.25, 0.3) is 0 Å². The van der Waals surface area contributed by atoms with Crippen molar-refractivity contribution in [2.45, 2.75) is 51.6 Å². The van der Waals surface area contributed by atoms with Crippen LogP contribution in [0.5, 0.6) is 5.75 Å². The Labute approximate surface area is 133 Å². The van der Waals surface area contributed by atoms with Crippen LogP contribution in [0.15, 0.2) is 18.2 Å². The summed E-state index contributed by atoms with van der Waals surface area (Å²) in [5.41, 5.74) is 7.16. The molecule has 1 aromatic rings. The summed E-state index contributed by atoms with van der Waals surface area (Å²) < 4.78 is 5.95. The summed E-state index contributed by atoms with van der Waals surface area (Å²) in [6.07, 6.45) is 5.69. The van der Waals surface area contributed by atoms with E-state index in [0.717, 1.165) is 56.3 Å². The lowest BCUT2D eigenvalue weighted by atomic mass is 10.1. The van der Waals surface area contributed by atoms with Crippen molar-refractivity contribution < 1.29 is 4.74 Å². The molecule has 21 heavy (non-hydrogen) atoms. The quantitative estimate of drug-likeness (QED) is 0.778. The van der Waals surface area contributed by atoms with E-state index in [2.05, 4.69) is 11.8 Å². The van der Waals surface area contributed by atoms with Crippen LogP contribution >= 0.6 is 11.6 Å². The zero-order chi connectivity index (χ0) is 15.1. The summed E-state index contributed by atoms with van der Waals surface area (Å²) in [5.74, 6) is 0.977. The molecule has 1 aromatic carbocycles. The maximum atomic E-state index is 6.15. The third-order valence-electron chi connectivity index (χ3n) is 4.05. The molecule has 0 radical (unpaired) electrons. The predicted molar refractivity (Wildman–Crippen MR) is 89.0 cm³/mol. The average Bonchev–Trinajstić information content (AvgIpc) is 2.48. The second kappa shape index (κ2) is 8.62. The van der Waals surface area contributed by atoms with Crippen molar-refractivity contribution in [1.29, 1.82) is 0 Å². The molecule has 1 fully saturated rings. The monoisotopic (exact) mass is 310 g/mol. The summed E-state index contributed by atoms with van der Waals surface area (Å²) in [7, 11) is 0. The molecule has 1 saturated heterocycles. The SMILES string of the molecule is CCCCCOc1ccc(Cl)cc1CN1CCC(N)CC1. The smallest absolute Gasteiger partial charge is 0.123 e. The molecule has 0 saturated carbocycles. The van der Waals surface area contributed by atoms with Crippen LogP contribution in [0.3, 0.4) is 0 Å². The number of piperidine rings is 1. The van der Waals surface area contributed by atoms with Crippen LogP contribution in [0.4, 0.5) is 0 Å². The maximum Gasteiger partial charge on any atom is 0.123 e. The molecule has 0 atom stereocenters. The predicted octanol–water partition coefficient (Wildman–Crippen LogP) is 3.83. The van der Waals surface area contributed by atoms with Crippen LogP contribution in [-0.2, 0) is 6.54 Å². The van der Waals surface area contributed by atoms with Crippen LogP contribution in [0, 0.1) is 0 Å². The van der Waals surface area contributed by atoms with Crippen LogP contribution in [0.1, 0.15) is 44.6 Å². The zero-order valence-corrected chi connectivity index (χ0v) is 13.7. The summed E-state index contributed by atoms with van der Waals surface area (Å²) in [6.45, 7) is 6.00. The van der Waals surface area contributed by atoms with Gasteiger partial charge in [-0.2, -0.15) is 0 Å². The van der Waals surface area contributed by atoms with Gasteiger partial charge in [-0.1, -0.05) is 31.4 Å². The first-order chi connectivity index (χ1) is 10.2.